The van der Waals surface area contributed by atoms with Gasteiger partial charge in [-0.3, -0.25) is 0 Å². The molecular formula is C13H11FN2O4. The molecule has 7 heteroatoms. The highest BCUT2D eigenvalue weighted by Crippen LogP contribution is 2.22. The standard InChI is InChI=1S/C13H11FN2O4/c14-10-3-1-4-11(9-10)19-7-8-20-12-5-2-6-15-13(12)16(17)18/h1-6,9H,7-8H2. The van der Waals surface area contributed by atoms with Crippen LogP contribution in [-0.4, -0.2) is 23.1 Å². The average Bonchev–Trinajstić information content (AvgIpc) is 2.44. The van der Waals surface area contributed by atoms with Crippen LogP contribution in [0.4, 0.5) is 10.2 Å². The van der Waals surface area contributed by atoms with Crippen molar-refractivity contribution in [1.29, 1.82) is 0 Å². The number of nitrogens with zero attached hydrogens (tertiary/aromatic N) is 2. The number of hydrogen-bond acceptors (Lipinski definition) is 5. The van der Waals surface area contributed by atoms with E-state index in [1.165, 1.54) is 36.5 Å². The van der Waals surface area contributed by atoms with Crippen molar-refractivity contribution in [1.82, 2.24) is 4.98 Å². The molecule has 0 radical (unpaired) electrons. The Hall–Kier alpha value is -2.70. The van der Waals surface area contributed by atoms with Crippen molar-refractivity contribution in [3.05, 3.63) is 58.5 Å². The van der Waals surface area contributed by atoms with E-state index >= 15 is 0 Å². The quantitative estimate of drug-likeness (QED) is 0.461. The maximum absolute atomic E-state index is 12.9. The number of hydrogen-bond donors (Lipinski definition) is 0. The van der Waals surface area contributed by atoms with Crippen molar-refractivity contribution in [3.63, 3.8) is 0 Å². The Bertz CT molecular complexity index is 606. The Balaban J connectivity index is 1.86. The topological polar surface area (TPSA) is 74.5 Å². The molecule has 0 amide bonds. The minimum atomic E-state index is -0.622. The molecule has 0 aliphatic carbocycles. The highest BCUT2D eigenvalue weighted by atomic mass is 19.1. The minimum absolute atomic E-state index is 0.0698. The summed E-state index contributed by atoms with van der Waals surface area (Å²) in [6.45, 7) is 0.221. The molecule has 2 rings (SSSR count). The summed E-state index contributed by atoms with van der Waals surface area (Å²) >= 11 is 0. The molecule has 0 aliphatic heterocycles. The van der Waals surface area contributed by atoms with Gasteiger partial charge in [-0.05, 0) is 34.2 Å². The lowest BCUT2D eigenvalue weighted by atomic mass is 10.3. The van der Waals surface area contributed by atoms with Crippen molar-refractivity contribution in [3.8, 4) is 11.5 Å². The van der Waals surface area contributed by atoms with Crippen LogP contribution < -0.4 is 9.47 Å². The monoisotopic (exact) mass is 278 g/mol. The van der Waals surface area contributed by atoms with Gasteiger partial charge in [0.15, 0.2) is 0 Å². The fourth-order valence-corrected chi connectivity index (χ4v) is 1.50. The number of ether oxygens (including phenoxy) is 2. The van der Waals surface area contributed by atoms with E-state index in [4.69, 9.17) is 9.47 Å². The van der Waals surface area contributed by atoms with E-state index in [1.807, 2.05) is 0 Å². The lowest BCUT2D eigenvalue weighted by molar-refractivity contribution is -0.390. The molecule has 0 unspecified atom stereocenters. The van der Waals surface area contributed by atoms with Gasteiger partial charge in [-0.25, -0.2) is 4.39 Å². The smallest absolute Gasteiger partial charge is 0.406 e. The molecule has 0 N–H and O–H groups in total. The van der Waals surface area contributed by atoms with Gasteiger partial charge in [0.25, 0.3) is 0 Å². The molecule has 0 fully saturated rings. The molecule has 1 aromatic heterocycles. The second-order valence-corrected chi connectivity index (χ2v) is 3.74. The Morgan fingerprint density at radius 2 is 2.00 bits per heavy atom. The first kappa shape index (κ1) is 13.7. The van der Waals surface area contributed by atoms with Crippen LogP contribution in [0, 0.1) is 15.9 Å². The van der Waals surface area contributed by atoms with Crippen molar-refractivity contribution in [2.75, 3.05) is 13.2 Å². The van der Waals surface area contributed by atoms with Crippen LogP contribution in [0.3, 0.4) is 0 Å². The van der Waals surface area contributed by atoms with E-state index in [1.54, 1.807) is 6.07 Å². The summed E-state index contributed by atoms with van der Waals surface area (Å²) in [7, 11) is 0. The lowest BCUT2D eigenvalue weighted by Crippen LogP contribution is -2.10. The van der Waals surface area contributed by atoms with Gasteiger partial charge >= 0.3 is 5.82 Å². The summed E-state index contributed by atoms with van der Waals surface area (Å²) in [6, 6.07) is 8.67. The molecule has 1 heterocycles. The first-order valence-electron chi connectivity index (χ1n) is 5.77. The number of pyridine rings is 1. The molecule has 0 aliphatic rings. The molecule has 1 aromatic carbocycles. The number of aromatic nitrogens is 1. The van der Waals surface area contributed by atoms with E-state index in [-0.39, 0.29) is 24.8 Å². The summed E-state index contributed by atoms with van der Waals surface area (Å²) in [5.41, 5.74) is 0. The SMILES string of the molecule is O=[N+]([O-])c1ncccc1OCCOc1cccc(F)c1. The molecule has 0 bridgehead atoms. The number of halogens is 1. The molecule has 0 saturated heterocycles. The third-order valence-electron chi connectivity index (χ3n) is 2.33. The Morgan fingerprint density at radius 1 is 1.20 bits per heavy atom. The molecule has 2 aromatic rings. The maximum atomic E-state index is 12.9. The minimum Gasteiger partial charge on any atom is -0.490 e. The zero-order valence-electron chi connectivity index (χ0n) is 10.4. The van der Waals surface area contributed by atoms with Gasteiger partial charge in [0, 0.05) is 6.07 Å². The maximum Gasteiger partial charge on any atom is 0.406 e. The number of benzene rings is 1. The van der Waals surface area contributed by atoms with Crippen LogP contribution >= 0.6 is 0 Å². The molecular weight excluding hydrogens is 267 g/mol. The second-order valence-electron chi connectivity index (χ2n) is 3.74. The molecule has 104 valence electrons. The Morgan fingerprint density at radius 3 is 2.75 bits per heavy atom. The van der Waals surface area contributed by atoms with Crippen LogP contribution in [0.5, 0.6) is 11.5 Å². The Kier molecular flexibility index (Phi) is 4.43. The van der Waals surface area contributed by atoms with Gasteiger partial charge < -0.3 is 19.6 Å². The average molecular weight is 278 g/mol. The molecule has 0 spiro atoms. The van der Waals surface area contributed by atoms with E-state index in [9.17, 15) is 14.5 Å². The van der Waals surface area contributed by atoms with Gasteiger partial charge in [0.2, 0.25) is 5.75 Å². The Labute approximate surface area is 113 Å². The molecule has 6 nitrogen and oxygen atoms in total. The summed E-state index contributed by atoms with van der Waals surface area (Å²) < 4.78 is 23.4. The second kappa shape index (κ2) is 6.46. The van der Waals surface area contributed by atoms with Crippen LogP contribution in [0.25, 0.3) is 0 Å². The van der Waals surface area contributed by atoms with Gasteiger partial charge in [0.1, 0.15) is 31.0 Å². The lowest BCUT2D eigenvalue weighted by Gasteiger charge is -2.08. The van der Waals surface area contributed by atoms with Crippen LogP contribution in [0.2, 0.25) is 0 Å². The highest BCUT2D eigenvalue weighted by Gasteiger charge is 2.15. The number of rotatable bonds is 6. The number of nitro groups is 1. The fourth-order valence-electron chi connectivity index (χ4n) is 1.50. The summed E-state index contributed by atoms with van der Waals surface area (Å²) in [5.74, 6) is -0.306. The largest absolute Gasteiger partial charge is 0.490 e. The van der Waals surface area contributed by atoms with Gasteiger partial charge in [-0.1, -0.05) is 6.07 Å². The predicted octanol–water partition coefficient (Wildman–Crippen LogP) is 2.59. The third kappa shape index (κ3) is 3.64. The first-order valence-corrected chi connectivity index (χ1v) is 5.77. The van der Waals surface area contributed by atoms with Crippen LogP contribution in [-0.2, 0) is 0 Å². The van der Waals surface area contributed by atoms with E-state index < -0.39 is 10.7 Å². The normalized spacial score (nSPS) is 10.1. The zero-order valence-corrected chi connectivity index (χ0v) is 10.4. The molecule has 0 saturated carbocycles. The van der Waals surface area contributed by atoms with Gasteiger partial charge in [0.05, 0.1) is 0 Å². The van der Waals surface area contributed by atoms with Crippen LogP contribution in [0.1, 0.15) is 0 Å². The van der Waals surface area contributed by atoms with Crippen molar-refractivity contribution in [2.45, 2.75) is 0 Å². The van der Waals surface area contributed by atoms with Crippen molar-refractivity contribution < 1.29 is 18.8 Å². The van der Waals surface area contributed by atoms with Crippen molar-refractivity contribution in [2.24, 2.45) is 0 Å². The first-order chi connectivity index (χ1) is 9.66. The van der Waals surface area contributed by atoms with Gasteiger partial charge in [-0.2, -0.15) is 0 Å². The molecule has 20 heavy (non-hydrogen) atoms. The summed E-state index contributed by atoms with van der Waals surface area (Å²) in [6.07, 6.45) is 1.31. The fraction of sp³-hybridized carbons (Fsp3) is 0.154. The van der Waals surface area contributed by atoms with E-state index in [0.29, 0.717) is 5.75 Å². The molecule has 0 atom stereocenters. The van der Waals surface area contributed by atoms with E-state index in [0.717, 1.165) is 0 Å². The zero-order chi connectivity index (χ0) is 14.4. The van der Waals surface area contributed by atoms with Crippen molar-refractivity contribution >= 4 is 5.82 Å². The third-order valence-corrected chi connectivity index (χ3v) is 2.33. The van der Waals surface area contributed by atoms with Crippen LogP contribution in [0.15, 0.2) is 42.6 Å². The van der Waals surface area contributed by atoms with E-state index in [2.05, 4.69) is 4.98 Å². The summed E-state index contributed by atoms with van der Waals surface area (Å²) in [4.78, 5) is 13.7. The highest BCUT2D eigenvalue weighted by molar-refractivity contribution is 5.38. The summed E-state index contributed by atoms with van der Waals surface area (Å²) in [5, 5.41) is 10.7. The van der Waals surface area contributed by atoms with Gasteiger partial charge in [-0.15, -0.1) is 0 Å². The predicted molar refractivity (Wildman–Crippen MR) is 68.3 cm³/mol.